The van der Waals surface area contributed by atoms with E-state index < -0.39 is 0 Å². The van der Waals surface area contributed by atoms with Crippen molar-refractivity contribution in [2.45, 2.75) is 12.8 Å². The summed E-state index contributed by atoms with van der Waals surface area (Å²) in [7, 11) is 3.77. The molecule has 0 saturated heterocycles. The van der Waals surface area contributed by atoms with Gasteiger partial charge < -0.3 is 9.64 Å². The van der Waals surface area contributed by atoms with Crippen molar-refractivity contribution in [2.75, 3.05) is 20.7 Å². The highest BCUT2D eigenvalue weighted by Crippen LogP contribution is 2.11. The molecule has 0 aromatic carbocycles. The number of methoxy groups -OCH3 is 1. The Balaban J connectivity index is 2.53. The quantitative estimate of drug-likeness (QED) is 0.524. The van der Waals surface area contributed by atoms with Crippen LogP contribution in [0.4, 0.5) is 0 Å². The lowest BCUT2D eigenvalue weighted by molar-refractivity contribution is 0.162. The first-order valence-electron chi connectivity index (χ1n) is 3.30. The Labute approximate surface area is 56.1 Å². The van der Waals surface area contributed by atoms with Crippen molar-refractivity contribution in [3.8, 4) is 0 Å². The van der Waals surface area contributed by atoms with E-state index in [1.54, 1.807) is 7.11 Å². The highest BCUT2D eigenvalue weighted by atomic mass is 16.5. The largest absolute Gasteiger partial charge is 0.483 e. The van der Waals surface area contributed by atoms with Gasteiger partial charge in [0.05, 0.1) is 7.11 Å². The minimum absolute atomic E-state index is 1.02. The van der Waals surface area contributed by atoms with Crippen molar-refractivity contribution in [3.05, 3.63) is 12.0 Å². The molecule has 0 atom stereocenters. The van der Waals surface area contributed by atoms with Crippen molar-refractivity contribution < 1.29 is 4.74 Å². The third-order valence-corrected chi connectivity index (χ3v) is 1.60. The van der Waals surface area contributed by atoms with Gasteiger partial charge in [-0.25, -0.2) is 0 Å². The maximum atomic E-state index is 5.09. The lowest BCUT2D eigenvalue weighted by Crippen LogP contribution is -2.22. The van der Waals surface area contributed by atoms with E-state index in [0.29, 0.717) is 0 Å². The molecule has 0 fully saturated rings. The van der Waals surface area contributed by atoms with Crippen LogP contribution in [0.2, 0.25) is 0 Å². The van der Waals surface area contributed by atoms with Crippen LogP contribution in [-0.2, 0) is 4.74 Å². The fraction of sp³-hybridized carbons (Fsp3) is 0.714. The summed E-state index contributed by atoms with van der Waals surface area (Å²) in [5, 5.41) is 0. The van der Waals surface area contributed by atoms with E-state index in [9.17, 15) is 0 Å². The van der Waals surface area contributed by atoms with E-state index in [1.807, 2.05) is 0 Å². The van der Waals surface area contributed by atoms with Crippen molar-refractivity contribution in [3.63, 3.8) is 0 Å². The van der Waals surface area contributed by atoms with Crippen molar-refractivity contribution in [2.24, 2.45) is 0 Å². The Morgan fingerprint density at radius 3 is 2.89 bits per heavy atom. The van der Waals surface area contributed by atoms with Crippen LogP contribution in [0.15, 0.2) is 12.0 Å². The Morgan fingerprint density at radius 1 is 1.67 bits per heavy atom. The molecule has 1 rings (SSSR count). The van der Waals surface area contributed by atoms with Gasteiger partial charge in [0, 0.05) is 13.6 Å². The first-order chi connectivity index (χ1) is 4.34. The van der Waals surface area contributed by atoms with Gasteiger partial charge >= 0.3 is 0 Å². The van der Waals surface area contributed by atoms with E-state index >= 15 is 0 Å². The molecule has 0 aromatic heterocycles. The summed E-state index contributed by atoms with van der Waals surface area (Å²) in [5.74, 6) is 1.02. The van der Waals surface area contributed by atoms with E-state index in [-0.39, 0.29) is 0 Å². The van der Waals surface area contributed by atoms with Gasteiger partial charge in [0.1, 0.15) is 0 Å². The van der Waals surface area contributed by atoms with Crippen LogP contribution in [0.1, 0.15) is 12.8 Å². The molecule has 0 unspecified atom stereocenters. The van der Waals surface area contributed by atoms with E-state index in [2.05, 4.69) is 18.0 Å². The molecule has 52 valence electrons. The smallest absolute Gasteiger partial charge is 0.184 e. The summed E-state index contributed by atoms with van der Waals surface area (Å²) in [6.45, 7) is 1.12. The Morgan fingerprint density at radius 2 is 2.44 bits per heavy atom. The van der Waals surface area contributed by atoms with Crippen molar-refractivity contribution in [1.82, 2.24) is 4.90 Å². The molecule has 2 heteroatoms. The lowest BCUT2D eigenvalue weighted by Gasteiger charge is -2.24. The fourth-order valence-corrected chi connectivity index (χ4v) is 1.06. The zero-order valence-electron chi connectivity index (χ0n) is 6.05. The number of nitrogens with zero attached hydrogens (tertiary/aromatic N) is 1. The Kier molecular flexibility index (Phi) is 1.98. The second-order valence-electron chi connectivity index (χ2n) is 2.31. The second kappa shape index (κ2) is 2.76. The highest BCUT2D eigenvalue weighted by Gasteiger charge is 2.07. The third-order valence-electron chi connectivity index (χ3n) is 1.60. The third kappa shape index (κ3) is 1.37. The van der Waals surface area contributed by atoms with Gasteiger partial charge in [-0.15, -0.1) is 0 Å². The van der Waals surface area contributed by atoms with Gasteiger partial charge in [-0.1, -0.05) is 0 Å². The molecular weight excluding hydrogens is 114 g/mol. The number of hydrogen-bond donors (Lipinski definition) is 0. The number of ether oxygens (including phenoxy) is 1. The van der Waals surface area contributed by atoms with Crippen LogP contribution in [-0.4, -0.2) is 25.6 Å². The highest BCUT2D eigenvalue weighted by molar-refractivity contribution is 4.95. The molecule has 0 amide bonds. The molecule has 0 aliphatic carbocycles. The van der Waals surface area contributed by atoms with Crippen LogP contribution in [0, 0.1) is 0 Å². The van der Waals surface area contributed by atoms with Crippen LogP contribution < -0.4 is 0 Å². The first kappa shape index (κ1) is 6.46. The van der Waals surface area contributed by atoms with Crippen LogP contribution in [0.3, 0.4) is 0 Å². The Bertz CT molecular complexity index is 120. The SMILES string of the molecule is COC1=CCCCN1C. The minimum atomic E-state index is 1.02. The average molecular weight is 127 g/mol. The molecule has 1 heterocycles. The standard InChI is InChI=1S/C7H13NO/c1-8-6-4-3-5-7(8)9-2/h5H,3-4,6H2,1-2H3. The molecule has 1 aliphatic heterocycles. The van der Waals surface area contributed by atoms with Crippen LogP contribution in [0.25, 0.3) is 0 Å². The summed E-state index contributed by atoms with van der Waals surface area (Å²) >= 11 is 0. The number of hydrogen-bond acceptors (Lipinski definition) is 2. The van der Waals surface area contributed by atoms with Gasteiger partial charge in [0.15, 0.2) is 5.88 Å². The normalized spacial score (nSPS) is 19.3. The maximum absolute atomic E-state index is 5.09. The average Bonchev–Trinajstić information content (AvgIpc) is 1.89. The molecule has 0 saturated carbocycles. The van der Waals surface area contributed by atoms with Gasteiger partial charge in [-0.3, -0.25) is 0 Å². The molecular formula is C7H13NO. The molecule has 2 nitrogen and oxygen atoms in total. The van der Waals surface area contributed by atoms with E-state index in [0.717, 1.165) is 18.8 Å². The summed E-state index contributed by atoms with van der Waals surface area (Å²) in [6, 6.07) is 0. The monoisotopic (exact) mass is 127 g/mol. The molecule has 9 heavy (non-hydrogen) atoms. The lowest BCUT2D eigenvalue weighted by atomic mass is 10.2. The minimum Gasteiger partial charge on any atom is -0.483 e. The molecule has 0 N–H and O–H groups in total. The number of rotatable bonds is 1. The molecule has 0 radical (unpaired) electrons. The summed E-state index contributed by atoms with van der Waals surface area (Å²) < 4.78 is 5.09. The topological polar surface area (TPSA) is 12.5 Å². The van der Waals surface area contributed by atoms with Crippen LogP contribution in [0.5, 0.6) is 0 Å². The fourth-order valence-electron chi connectivity index (χ4n) is 1.06. The van der Waals surface area contributed by atoms with E-state index in [4.69, 9.17) is 4.74 Å². The van der Waals surface area contributed by atoms with Gasteiger partial charge in [-0.2, -0.15) is 0 Å². The Hall–Kier alpha value is -0.660. The van der Waals surface area contributed by atoms with Gasteiger partial charge in [-0.05, 0) is 18.9 Å². The molecule has 0 aromatic rings. The zero-order valence-corrected chi connectivity index (χ0v) is 6.05. The molecule has 0 spiro atoms. The second-order valence-corrected chi connectivity index (χ2v) is 2.31. The van der Waals surface area contributed by atoms with Crippen molar-refractivity contribution >= 4 is 0 Å². The predicted octanol–water partition coefficient (Wildman–Crippen LogP) is 1.20. The maximum Gasteiger partial charge on any atom is 0.184 e. The first-order valence-corrected chi connectivity index (χ1v) is 3.30. The van der Waals surface area contributed by atoms with E-state index in [1.165, 1.54) is 6.42 Å². The predicted molar refractivity (Wildman–Crippen MR) is 37.0 cm³/mol. The number of allylic oxidation sites excluding steroid dienone is 1. The summed E-state index contributed by atoms with van der Waals surface area (Å²) in [5.41, 5.74) is 0. The summed E-state index contributed by atoms with van der Waals surface area (Å²) in [4.78, 5) is 2.13. The van der Waals surface area contributed by atoms with Crippen LogP contribution >= 0.6 is 0 Å². The molecule has 1 aliphatic rings. The van der Waals surface area contributed by atoms with Gasteiger partial charge in [0.2, 0.25) is 0 Å². The zero-order chi connectivity index (χ0) is 6.69. The van der Waals surface area contributed by atoms with Gasteiger partial charge in [0.25, 0.3) is 0 Å². The summed E-state index contributed by atoms with van der Waals surface area (Å²) in [6.07, 6.45) is 4.54. The van der Waals surface area contributed by atoms with Crippen molar-refractivity contribution in [1.29, 1.82) is 0 Å². The molecule has 0 bridgehead atoms.